The van der Waals surface area contributed by atoms with Crippen LogP contribution in [0.3, 0.4) is 0 Å². The molecule has 0 unspecified atom stereocenters. The number of hydrogen-bond acceptors (Lipinski definition) is 1. The van der Waals surface area contributed by atoms with Gasteiger partial charge in [0.1, 0.15) is 5.75 Å². The lowest BCUT2D eigenvalue weighted by molar-refractivity contribution is 0.242. The van der Waals surface area contributed by atoms with E-state index in [0.29, 0.717) is 0 Å². The first kappa shape index (κ1) is 7.13. The molecular formula is C9H10O. The third kappa shape index (κ3) is 2.09. The van der Waals surface area contributed by atoms with Crippen molar-refractivity contribution < 1.29 is 4.74 Å². The van der Waals surface area contributed by atoms with Crippen molar-refractivity contribution in [3.63, 3.8) is 0 Å². The molecule has 1 rings (SSSR count). The van der Waals surface area contributed by atoms with Gasteiger partial charge in [-0.1, -0.05) is 0 Å². The minimum atomic E-state index is 0.226. The molecule has 10 heavy (non-hydrogen) atoms. The van der Waals surface area contributed by atoms with Crippen molar-refractivity contribution >= 4 is 0 Å². The predicted molar refractivity (Wildman–Crippen MR) is 39.9 cm³/mol. The van der Waals surface area contributed by atoms with Gasteiger partial charge in [0.2, 0.25) is 0 Å². The molecule has 1 aromatic rings. The summed E-state index contributed by atoms with van der Waals surface area (Å²) < 4.78 is 5.35. The Morgan fingerprint density at radius 1 is 1.30 bits per heavy atom. The standard InChI is InChI=1S/C9H10O/c1-8(2)10-9-6-4-3-5-7-9/h3,6-8H,1-2H3. The quantitative estimate of drug-likeness (QED) is 0.601. The Hall–Kier alpha value is -0.980. The highest BCUT2D eigenvalue weighted by molar-refractivity contribution is 5.19. The van der Waals surface area contributed by atoms with Crippen LogP contribution < -0.4 is 4.74 Å². The van der Waals surface area contributed by atoms with Crippen molar-refractivity contribution in [3.8, 4) is 5.75 Å². The van der Waals surface area contributed by atoms with Crippen molar-refractivity contribution in [2.24, 2.45) is 0 Å². The fourth-order valence-corrected chi connectivity index (χ4v) is 0.678. The maximum atomic E-state index is 5.35. The Balaban J connectivity index is 2.59. The van der Waals surface area contributed by atoms with E-state index < -0.39 is 0 Å². The van der Waals surface area contributed by atoms with Gasteiger partial charge in [0.25, 0.3) is 0 Å². The smallest absolute Gasteiger partial charge is 0.120 e. The molecule has 0 spiro atoms. The van der Waals surface area contributed by atoms with Crippen molar-refractivity contribution in [1.29, 1.82) is 0 Å². The van der Waals surface area contributed by atoms with Crippen molar-refractivity contribution in [1.82, 2.24) is 0 Å². The average Bonchev–Trinajstić information content (AvgIpc) is 1.88. The molecule has 0 N–H and O–H groups in total. The largest absolute Gasteiger partial charge is 0.491 e. The molecule has 0 aliphatic heterocycles. The van der Waals surface area contributed by atoms with Crippen LogP contribution in [0.2, 0.25) is 0 Å². The fourth-order valence-electron chi connectivity index (χ4n) is 0.678. The lowest BCUT2D eigenvalue weighted by Gasteiger charge is -2.07. The van der Waals surface area contributed by atoms with Gasteiger partial charge in [-0.05, 0) is 44.2 Å². The predicted octanol–water partition coefficient (Wildman–Crippen LogP) is 2.07. The van der Waals surface area contributed by atoms with Crippen LogP contribution in [-0.2, 0) is 0 Å². The Morgan fingerprint density at radius 2 is 1.90 bits per heavy atom. The molecule has 1 nitrogen and oxygen atoms in total. The normalized spacial score (nSPS) is 9.90. The molecule has 0 heterocycles. The molecule has 0 amide bonds. The second kappa shape index (κ2) is 3.25. The van der Waals surface area contributed by atoms with Gasteiger partial charge in [-0.2, -0.15) is 0 Å². The van der Waals surface area contributed by atoms with Gasteiger partial charge in [0.15, 0.2) is 0 Å². The Kier molecular flexibility index (Phi) is 2.32. The SMILES string of the molecule is CC(C)Oc1c[c]c[c]c1. The summed E-state index contributed by atoms with van der Waals surface area (Å²) >= 11 is 0. The molecule has 0 saturated heterocycles. The van der Waals surface area contributed by atoms with Crippen molar-refractivity contribution in [3.05, 3.63) is 30.3 Å². The van der Waals surface area contributed by atoms with E-state index in [1.54, 1.807) is 18.2 Å². The van der Waals surface area contributed by atoms with Crippen molar-refractivity contribution in [2.45, 2.75) is 20.0 Å². The van der Waals surface area contributed by atoms with Gasteiger partial charge in [-0.3, -0.25) is 0 Å². The zero-order valence-electron chi connectivity index (χ0n) is 6.22. The zero-order valence-corrected chi connectivity index (χ0v) is 6.22. The van der Waals surface area contributed by atoms with E-state index in [0.717, 1.165) is 5.75 Å². The average molecular weight is 134 g/mol. The molecule has 0 aliphatic rings. The van der Waals surface area contributed by atoms with Crippen LogP contribution >= 0.6 is 0 Å². The summed E-state index contributed by atoms with van der Waals surface area (Å²) in [5.41, 5.74) is 0. The Labute approximate surface area is 61.6 Å². The summed E-state index contributed by atoms with van der Waals surface area (Å²) in [5, 5.41) is 0. The van der Waals surface area contributed by atoms with Crippen LogP contribution in [0.1, 0.15) is 13.8 Å². The number of hydrogen-bond donors (Lipinski definition) is 0. The maximum Gasteiger partial charge on any atom is 0.120 e. The minimum absolute atomic E-state index is 0.226. The third-order valence-corrected chi connectivity index (χ3v) is 0.990. The van der Waals surface area contributed by atoms with E-state index in [-0.39, 0.29) is 6.10 Å². The van der Waals surface area contributed by atoms with E-state index >= 15 is 0 Å². The first-order chi connectivity index (χ1) is 4.79. The summed E-state index contributed by atoms with van der Waals surface area (Å²) in [6, 6.07) is 11.1. The molecule has 0 fully saturated rings. The topological polar surface area (TPSA) is 9.23 Å². The first-order valence-electron chi connectivity index (χ1n) is 3.33. The van der Waals surface area contributed by atoms with Crippen molar-refractivity contribution in [2.75, 3.05) is 0 Å². The molecule has 1 aromatic carbocycles. The van der Waals surface area contributed by atoms with Crippen LogP contribution in [0.4, 0.5) is 0 Å². The van der Waals surface area contributed by atoms with E-state index in [2.05, 4.69) is 12.1 Å². The van der Waals surface area contributed by atoms with Crippen LogP contribution in [0.5, 0.6) is 5.75 Å². The third-order valence-electron chi connectivity index (χ3n) is 0.990. The van der Waals surface area contributed by atoms with E-state index in [1.165, 1.54) is 0 Å². The van der Waals surface area contributed by atoms with Crippen LogP contribution in [0.25, 0.3) is 0 Å². The molecular weight excluding hydrogens is 124 g/mol. The second-order valence-electron chi connectivity index (χ2n) is 2.34. The molecule has 0 aromatic heterocycles. The van der Waals surface area contributed by atoms with E-state index in [9.17, 15) is 0 Å². The number of ether oxygens (including phenoxy) is 1. The van der Waals surface area contributed by atoms with Crippen LogP contribution in [0.15, 0.2) is 18.2 Å². The zero-order chi connectivity index (χ0) is 7.40. The number of benzene rings is 1. The summed E-state index contributed by atoms with van der Waals surface area (Å²) in [6.07, 6.45) is 0.226. The van der Waals surface area contributed by atoms with Gasteiger partial charge in [-0.15, -0.1) is 0 Å². The molecule has 0 saturated carbocycles. The van der Waals surface area contributed by atoms with Gasteiger partial charge in [-0.25, -0.2) is 0 Å². The van der Waals surface area contributed by atoms with Gasteiger partial charge < -0.3 is 4.74 Å². The molecule has 0 aliphatic carbocycles. The van der Waals surface area contributed by atoms with Gasteiger partial charge >= 0.3 is 0 Å². The maximum absolute atomic E-state index is 5.35. The number of rotatable bonds is 2. The highest BCUT2D eigenvalue weighted by Gasteiger charge is 1.93. The fraction of sp³-hybridized carbons (Fsp3) is 0.333. The highest BCUT2D eigenvalue weighted by Crippen LogP contribution is 2.08. The second-order valence-corrected chi connectivity index (χ2v) is 2.34. The molecule has 0 bridgehead atoms. The molecule has 52 valence electrons. The van der Waals surface area contributed by atoms with Gasteiger partial charge in [0.05, 0.1) is 6.10 Å². The molecule has 1 heteroatoms. The van der Waals surface area contributed by atoms with Crippen LogP contribution in [0, 0.1) is 12.1 Å². The lowest BCUT2D eigenvalue weighted by atomic mass is 10.3. The monoisotopic (exact) mass is 134 g/mol. The minimum Gasteiger partial charge on any atom is -0.491 e. The summed E-state index contributed by atoms with van der Waals surface area (Å²) in [7, 11) is 0. The molecule has 2 radical (unpaired) electrons. The van der Waals surface area contributed by atoms with Gasteiger partial charge in [0, 0.05) is 0 Å². The summed E-state index contributed by atoms with van der Waals surface area (Å²) in [5.74, 6) is 0.831. The first-order valence-corrected chi connectivity index (χ1v) is 3.33. The van der Waals surface area contributed by atoms with E-state index in [4.69, 9.17) is 4.74 Å². The lowest BCUT2D eigenvalue weighted by Crippen LogP contribution is -2.04. The summed E-state index contributed by atoms with van der Waals surface area (Å²) in [4.78, 5) is 0. The Morgan fingerprint density at radius 3 is 2.40 bits per heavy atom. The summed E-state index contributed by atoms with van der Waals surface area (Å²) in [6.45, 7) is 3.99. The van der Waals surface area contributed by atoms with Crippen LogP contribution in [-0.4, -0.2) is 6.10 Å². The highest BCUT2D eigenvalue weighted by atomic mass is 16.5. The Bertz CT molecular complexity index is 179. The molecule has 0 atom stereocenters. The van der Waals surface area contributed by atoms with E-state index in [1.807, 2.05) is 13.8 Å².